The molecule has 0 radical (unpaired) electrons. The SMILES string of the molecule is Cc1cnccc1CN1CCCC(c2cc3nc(C(C)C)cc(C(F)(F)F)n3n2)C1. The summed E-state index contributed by atoms with van der Waals surface area (Å²) in [5, 5.41) is 4.36. The Balaban J connectivity index is 1.63. The van der Waals surface area contributed by atoms with Gasteiger partial charge < -0.3 is 0 Å². The van der Waals surface area contributed by atoms with Crippen LogP contribution in [0.4, 0.5) is 13.2 Å². The Labute approximate surface area is 173 Å². The van der Waals surface area contributed by atoms with Gasteiger partial charge in [-0.05, 0) is 55.5 Å². The lowest BCUT2D eigenvalue weighted by atomic mass is 9.94. The van der Waals surface area contributed by atoms with Crippen LogP contribution in [0, 0.1) is 6.92 Å². The Morgan fingerprint density at radius 1 is 1.23 bits per heavy atom. The molecule has 0 aromatic carbocycles. The Morgan fingerprint density at radius 2 is 2.03 bits per heavy atom. The molecule has 0 saturated carbocycles. The lowest BCUT2D eigenvalue weighted by molar-refractivity contribution is -0.142. The summed E-state index contributed by atoms with van der Waals surface area (Å²) in [7, 11) is 0. The van der Waals surface area contributed by atoms with Crippen LogP contribution in [-0.4, -0.2) is 37.6 Å². The summed E-state index contributed by atoms with van der Waals surface area (Å²) in [5.41, 5.74) is 2.99. The minimum absolute atomic E-state index is 0.0891. The van der Waals surface area contributed by atoms with E-state index in [-0.39, 0.29) is 17.5 Å². The van der Waals surface area contributed by atoms with Crippen molar-refractivity contribution in [2.24, 2.45) is 0 Å². The zero-order valence-electron chi connectivity index (χ0n) is 17.4. The molecule has 4 rings (SSSR count). The summed E-state index contributed by atoms with van der Waals surface area (Å²) in [6, 6.07) is 4.87. The second kappa shape index (κ2) is 7.98. The Kier molecular flexibility index (Phi) is 5.53. The van der Waals surface area contributed by atoms with Crippen LogP contribution >= 0.6 is 0 Å². The molecule has 0 spiro atoms. The average molecular weight is 417 g/mol. The van der Waals surface area contributed by atoms with Crippen molar-refractivity contribution in [3.63, 3.8) is 0 Å². The van der Waals surface area contributed by atoms with Crippen molar-refractivity contribution >= 4 is 5.65 Å². The maximum Gasteiger partial charge on any atom is 0.433 e. The number of likely N-dealkylation sites (tertiary alicyclic amines) is 1. The standard InChI is InChI=1S/C22H26F3N5/c1-14(2)18-9-20(22(23,24)25)30-21(27-18)10-19(28-30)17-5-4-8-29(13-17)12-16-6-7-26-11-15(16)3/h6-7,9-11,14,17H,4-5,8,12-13H2,1-3H3. The van der Waals surface area contributed by atoms with Crippen LogP contribution in [0.1, 0.15) is 66.7 Å². The third-order valence-electron chi connectivity index (χ3n) is 5.80. The number of fused-ring (bicyclic) bond motifs is 1. The normalized spacial score (nSPS) is 18.4. The van der Waals surface area contributed by atoms with Gasteiger partial charge in [-0.2, -0.15) is 18.3 Å². The van der Waals surface area contributed by atoms with E-state index in [0.29, 0.717) is 11.4 Å². The summed E-state index contributed by atoms with van der Waals surface area (Å²) in [6.45, 7) is 8.27. The van der Waals surface area contributed by atoms with Crippen LogP contribution in [-0.2, 0) is 12.7 Å². The van der Waals surface area contributed by atoms with E-state index < -0.39 is 11.9 Å². The molecule has 1 aliphatic heterocycles. The van der Waals surface area contributed by atoms with Crippen molar-refractivity contribution in [2.45, 2.75) is 58.2 Å². The molecule has 4 heterocycles. The van der Waals surface area contributed by atoms with Gasteiger partial charge >= 0.3 is 6.18 Å². The van der Waals surface area contributed by atoms with Gasteiger partial charge in [0.2, 0.25) is 0 Å². The minimum Gasteiger partial charge on any atom is -0.298 e. The van der Waals surface area contributed by atoms with E-state index in [1.165, 1.54) is 5.56 Å². The van der Waals surface area contributed by atoms with Crippen molar-refractivity contribution in [2.75, 3.05) is 13.1 Å². The zero-order chi connectivity index (χ0) is 21.5. The van der Waals surface area contributed by atoms with Gasteiger partial charge in [0.05, 0.1) is 5.69 Å². The van der Waals surface area contributed by atoms with E-state index in [1.54, 1.807) is 12.3 Å². The van der Waals surface area contributed by atoms with Crippen LogP contribution < -0.4 is 0 Å². The number of hydrogen-bond acceptors (Lipinski definition) is 4. The molecule has 3 aromatic heterocycles. The summed E-state index contributed by atoms with van der Waals surface area (Å²) >= 11 is 0. The molecule has 160 valence electrons. The number of pyridine rings is 1. The number of aromatic nitrogens is 4. The van der Waals surface area contributed by atoms with E-state index in [9.17, 15) is 13.2 Å². The first kappa shape index (κ1) is 20.8. The highest BCUT2D eigenvalue weighted by Gasteiger charge is 2.36. The van der Waals surface area contributed by atoms with E-state index in [1.807, 2.05) is 33.0 Å². The van der Waals surface area contributed by atoms with Gasteiger partial charge in [-0.1, -0.05) is 13.8 Å². The largest absolute Gasteiger partial charge is 0.433 e. The molecule has 1 saturated heterocycles. The smallest absolute Gasteiger partial charge is 0.298 e. The van der Waals surface area contributed by atoms with Gasteiger partial charge in [0.1, 0.15) is 5.69 Å². The molecule has 1 atom stereocenters. The number of piperidine rings is 1. The van der Waals surface area contributed by atoms with Crippen LogP contribution in [0.2, 0.25) is 0 Å². The summed E-state index contributed by atoms with van der Waals surface area (Å²) in [5.74, 6) is -0.00518. The second-order valence-corrected chi connectivity index (χ2v) is 8.43. The van der Waals surface area contributed by atoms with Crippen LogP contribution in [0.3, 0.4) is 0 Å². The molecule has 30 heavy (non-hydrogen) atoms. The summed E-state index contributed by atoms with van der Waals surface area (Å²) in [6.07, 6.45) is 1.07. The predicted octanol–water partition coefficient (Wildman–Crippen LogP) is 4.95. The number of hydrogen-bond donors (Lipinski definition) is 0. The molecular formula is C22H26F3N5. The first-order valence-corrected chi connectivity index (χ1v) is 10.3. The minimum atomic E-state index is -4.48. The molecule has 0 amide bonds. The van der Waals surface area contributed by atoms with Crippen LogP contribution in [0.5, 0.6) is 0 Å². The van der Waals surface area contributed by atoms with Crippen LogP contribution in [0.25, 0.3) is 5.65 Å². The van der Waals surface area contributed by atoms with E-state index in [0.717, 1.165) is 48.6 Å². The summed E-state index contributed by atoms with van der Waals surface area (Å²) < 4.78 is 41.9. The highest BCUT2D eigenvalue weighted by molar-refractivity contribution is 5.44. The van der Waals surface area contributed by atoms with Crippen molar-refractivity contribution < 1.29 is 13.2 Å². The molecule has 3 aromatic rings. The highest BCUT2D eigenvalue weighted by atomic mass is 19.4. The lowest BCUT2D eigenvalue weighted by Crippen LogP contribution is -2.34. The quantitative estimate of drug-likeness (QED) is 0.602. The first-order chi connectivity index (χ1) is 14.2. The fourth-order valence-electron chi connectivity index (χ4n) is 4.07. The molecule has 1 aliphatic rings. The summed E-state index contributed by atoms with van der Waals surface area (Å²) in [4.78, 5) is 10.9. The maximum atomic E-state index is 13.7. The molecule has 1 unspecified atom stereocenters. The molecular weight excluding hydrogens is 391 g/mol. The molecule has 8 heteroatoms. The maximum absolute atomic E-state index is 13.7. The van der Waals surface area contributed by atoms with Crippen molar-refractivity contribution in [3.8, 4) is 0 Å². The highest BCUT2D eigenvalue weighted by Crippen LogP contribution is 2.33. The molecule has 0 N–H and O–H groups in total. The number of aryl methyl sites for hydroxylation is 1. The van der Waals surface area contributed by atoms with Gasteiger partial charge in [0.25, 0.3) is 0 Å². The molecule has 0 bridgehead atoms. The third-order valence-corrected chi connectivity index (χ3v) is 5.80. The zero-order valence-corrected chi connectivity index (χ0v) is 17.4. The molecule has 1 fully saturated rings. The average Bonchev–Trinajstić information content (AvgIpc) is 3.12. The van der Waals surface area contributed by atoms with Gasteiger partial charge in [-0.3, -0.25) is 9.88 Å². The van der Waals surface area contributed by atoms with E-state index >= 15 is 0 Å². The number of halogens is 3. The van der Waals surface area contributed by atoms with E-state index in [2.05, 4.69) is 20.0 Å². The Bertz CT molecular complexity index is 1040. The predicted molar refractivity (Wildman–Crippen MR) is 108 cm³/mol. The van der Waals surface area contributed by atoms with Crippen molar-refractivity contribution in [3.05, 3.63) is 58.8 Å². The molecule has 0 aliphatic carbocycles. The van der Waals surface area contributed by atoms with Gasteiger partial charge in [0.15, 0.2) is 5.65 Å². The number of alkyl halides is 3. The van der Waals surface area contributed by atoms with Crippen molar-refractivity contribution in [1.82, 2.24) is 24.5 Å². The number of nitrogens with zero attached hydrogens (tertiary/aromatic N) is 5. The second-order valence-electron chi connectivity index (χ2n) is 8.43. The molecule has 5 nitrogen and oxygen atoms in total. The first-order valence-electron chi connectivity index (χ1n) is 10.3. The van der Waals surface area contributed by atoms with Gasteiger partial charge in [-0.15, -0.1) is 0 Å². The third kappa shape index (κ3) is 4.19. The van der Waals surface area contributed by atoms with Crippen molar-refractivity contribution in [1.29, 1.82) is 0 Å². The lowest BCUT2D eigenvalue weighted by Gasteiger charge is -2.32. The van der Waals surface area contributed by atoms with Gasteiger partial charge in [0, 0.05) is 43.2 Å². The van der Waals surface area contributed by atoms with Gasteiger partial charge in [-0.25, -0.2) is 9.50 Å². The topological polar surface area (TPSA) is 46.3 Å². The van der Waals surface area contributed by atoms with E-state index in [4.69, 9.17) is 0 Å². The fourth-order valence-corrected chi connectivity index (χ4v) is 4.07. The fraction of sp³-hybridized carbons (Fsp3) is 0.500. The Morgan fingerprint density at radius 3 is 2.73 bits per heavy atom. The monoisotopic (exact) mass is 417 g/mol. The van der Waals surface area contributed by atoms with Crippen LogP contribution in [0.15, 0.2) is 30.6 Å². The Hall–Kier alpha value is -2.48. The number of rotatable bonds is 4.